The molecule has 158 valence electrons. The van der Waals surface area contributed by atoms with E-state index in [4.69, 9.17) is 4.98 Å². The lowest BCUT2D eigenvalue weighted by molar-refractivity contribution is -0.116. The molecular weight excluding hydrogens is 401 g/mol. The van der Waals surface area contributed by atoms with Crippen LogP contribution in [0.5, 0.6) is 0 Å². The maximum atomic E-state index is 13.7. The molecule has 1 aromatic heterocycles. The average Bonchev–Trinajstić information content (AvgIpc) is 3.17. The first-order valence-corrected chi connectivity index (χ1v) is 10.9. The number of ketones is 1. The van der Waals surface area contributed by atoms with Gasteiger partial charge >= 0.3 is 0 Å². The van der Waals surface area contributed by atoms with Crippen molar-refractivity contribution in [3.8, 4) is 0 Å². The Balaban J connectivity index is 1.51. The number of carbonyl (C=O) groups is 1. The van der Waals surface area contributed by atoms with Crippen LogP contribution in [0.15, 0.2) is 84.1 Å². The number of anilines is 1. The summed E-state index contributed by atoms with van der Waals surface area (Å²) in [6.07, 6.45) is 1.20. The Morgan fingerprint density at radius 1 is 0.938 bits per heavy atom. The van der Waals surface area contributed by atoms with Gasteiger partial charge in [0.05, 0.1) is 17.1 Å². The number of hydrogen-bond donors (Lipinski definition) is 1. The summed E-state index contributed by atoms with van der Waals surface area (Å²) in [7, 11) is 0. The van der Waals surface area contributed by atoms with Crippen LogP contribution in [0.4, 0.5) is 10.3 Å². The maximum Gasteiger partial charge on any atom is 0.209 e. The van der Waals surface area contributed by atoms with Gasteiger partial charge in [-0.05, 0) is 54.7 Å². The van der Waals surface area contributed by atoms with Crippen LogP contribution in [0, 0.1) is 12.7 Å². The van der Waals surface area contributed by atoms with E-state index < -0.39 is 0 Å². The number of Topliss-reactive ketones (excluding diaryl/α,β-unsaturated/α-hetero) is 1. The Morgan fingerprint density at radius 2 is 1.66 bits per heavy atom. The number of hydrogen-bond acceptors (Lipinski definition) is 3. The second kappa shape index (κ2) is 7.16. The predicted molar refractivity (Wildman–Crippen MR) is 123 cm³/mol. The summed E-state index contributed by atoms with van der Waals surface area (Å²) >= 11 is 0. The molecule has 6 rings (SSSR count). The van der Waals surface area contributed by atoms with Crippen LogP contribution in [0.1, 0.15) is 41.5 Å². The van der Waals surface area contributed by atoms with Gasteiger partial charge < -0.3 is 5.32 Å². The van der Waals surface area contributed by atoms with Crippen molar-refractivity contribution in [2.24, 2.45) is 0 Å². The number of imidazole rings is 1. The fourth-order valence-electron chi connectivity index (χ4n) is 5.06. The zero-order valence-corrected chi connectivity index (χ0v) is 17.7. The number of aryl methyl sites for hydroxylation is 1. The first-order chi connectivity index (χ1) is 15.6. The van der Waals surface area contributed by atoms with Gasteiger partial charge in [0.1, 0.15) is 5.82 Å². The molecule has 0 radical (unpaired) electrons. The third-order valence-corrected chi connectivity index (χ3v) is 6.63. The number of rotatable bonds is 2. The largest absolute Gasteiger partial charge is 0.329 e. The average molecular weight is 423 g/mol. The highest BCUT2D eigenvalue weighted by Crippen LogP contribution is 2.45. The fourth-order valence-corrected chi connectivity index (χ4v) is 5.06. The molecule has 0 unspecified atom stereocenters. The number of nitrogens with zero attached hydrogens (tertiary/aromatic N) is 2. The Hall–Kier alpha value is -3.73. The van der Waals surface area contributed by atoms with E-state index in [2.05, 4.69) is 41.1 Å². The van der Waals surface area contributed by atoms with Gasteiger partial charge in [-0.3, -0.25) is 9.36 Å². The molecule has 2 aliphatic rings. The lowest BCUT2D eigenvalue weighted by atomic mass is 9.77. The minimum atomic E-state index is -0.333. The SMILES string of the molecule is Cc1ccc([C@@H]2CC(=O)C3=C(C2)Nc2nc4ccccc4n2[C@@H]3c2ccc(F)cc2)cc1. The Kier molecular flexibility index (Phi) is 4.25. The van der Waals surface area contributed by atoms with E-state index >= 15 is 0 Å². The summed E-state index contributed by atoms with van der Waals surface area (Å²) in [5, 5.41) is 3.48. The van der Waals surface area contributed by atoms with Crippen LogP contribution < -0.4 is 5.32 Å². The topological polar surface area (TPSA) is 46.9 Å². The predicted octanol–water partition coefficient (Wildman–Crippen LogP) is 5.90. The Morgan fingerprint density at radius 3 is 2.44 bits per heavy atom. The van der Waals surface area contributed by atoms with Crippen LogP contribution >= 0.6 is 0 Å². The number of aromatic nitrogens is 2. The lowest BCUT2D eigenvalue weighted by Crippen LogP contribution is -2.33. The van der Waals surface area contributed by atoms with Gasteiger partial charge in [-0.1, -0.05) is 54.1 Å². The second-order valence-electron chi connectivity index (χ2n) is 8.70. The van der Waals surface area contributed by atoms with Gasteiger partial charge in [0.15, 0.2) is 5.78 Å². The number of allylic oxidation sites excluding steroid dienone is 2. The molecule has 1 aliphatic carbocycles. The van der Waals surface area contributed by atoms with E-state index in [0.717, 1.165) is 40.2 Å². The highest BCUT2D eigenvalue weighted by atomic mass is 19.1. The number of nitrogens with one attached hydrogen (secondary N) is 1. The van der Waals surface area contributed by atoms with Gasteiger partial charge in [0.2, 0.25) is 5.95 Å². The third kappa shape index (κ3) is 2.96. The quantitative estimate of drug-likeness (QED) is 0.437. The maximum absolute atomic E-state index is 13.7. The molecule has 1 aliphatic heterocycles. The number of carbonyl (C=O) groups excluding carboxylic acids is 1. The zero-order chi connectivity index (χ0) is 21.8. The van der Waals surface area contributed by atoms with Crippen molar-refractivity contribution < 1.29 is 9.18 Å². The van der Waals surface area contributed by atoms with Crippen molar-refractivity contribution >= 4 is 22.8 Å². The Labute approximate surface area is 185 Å². The summed E-state index contributed by atoms with van der Waals surface area (Å²) in [5.41, 5.74) is 6.76. The summed E-state index contributed by atoms with van der Waals surface area (Å²) in [6, 6.07) is 22.5. The molecule has 3 aromatic carbocycles. The number of para-hydroxylation sites is 2. The number of halogens is 1. The first-order valence-electron chi connectivity index (χ1n) is 10.9. The van der Waals surface area contributed by atoms with Gasteiger partial charge in [-0.2, -0.15) is 0 Å². The van der Waals surface area contributed by atoms with Crippen molar-refractivity contribution in [1.29, 1.82) is 0 Å². The first kappa shape index (κ1) is 19.0. The van der Waals surface area contributed by atoms with Crippen LogP contribution in [-0.2, 0) is 4.79 Å². The summed E-state index contributed by atoms with van der Waals surface area (Å²) < 4.78 is 15.8. The molecule has 2 heterocycles. The van der Waals surface area contributed by atoms with E-state index in [-0.39, 0.29) is 23.6 Å². The summed E-state index contributed by atoms with van der Waals surface area (Å²) in [6.45, 7) is 2.07. The van der Waals surface area contributed by atoms with Crippen molar-refractivity contribution in [2.75, 3.05) is 5.32 Å². The summed E-state index contributed by atoms with van der Waals surface area (Å²) in [5.74, 6) is 0.680. The van der Waals surface area contributed by atoms with E-state index in [1.165, 1.54) is 23.3 Å². The van der Waals surface area contributed by atoms with Gasteiger partial charge in [-0.25, -0.2) is 9.37 Å². The zero-order valence-electron chi connectivity index (χ0n) is 17.7. The van der Waals surface area contributed by atoms with Gasteiger partial charge in [0.25, 0.3) is 0 Å². The fraction of sp³-hybridized carbons (Fsp3) is 0.185. The molecule has 0 fully saturated rings. The van der Waals surface area contributed by atoms with Crippen LogP contribution in [0.3, 0.4) is 0 Å². The minimum absolute atomic E-state index is 0.124. The molecule has 4 nitrogen and oxygen atoms in total. The monoisotopic (exact) mass is 423 g/mol. The second-order valence-corrected chi connectivity index (χ2v) is 8.70. The van der Waals surface area contributed by atoms with Crippen LogP contribution in [0.2, 0.25) is 0 Å². The molecule has 2 atom stereocenters. The molecule has 5 heteroatoms. The molecule has 0 amide bonds. The van der Waals surface area contributed by atoms with Crippen molar-refractivity contribution in [3.05, 3.63) is 107 Å². The van der Waals surface area contributed by atoms with Crippen molar-refractivity contribution in [1.82, 2.24) is 9.55 Å². The third-order valence-electron chi connectivity index (χ3n) is 6.63. The smallest absolute Gasteiger partial charge is 0.209 e. The van der Waals surface area contributed by atoms with E-state index in [1.54, 1.807) is 12.1 Å². The minimum Gasteiger partial charge on any atom is -0.329 e. The van der Waals surface area contributed by atoms with Crippen LogP contribution in [-0.4, -0.2) is 15.3 Å². The highest BCUT2D eigenvalue weighted by molar-refractivity contribution is 6.01. The molecule has 0 saturated heterocycles. The molecular formula is C27H22FN3O. The van der Waals surface area contributed by atoms with Crippen molar-refractivity contribution in [2.45, 2.75) is 31.7 Å². The molecule has 32 heavy (non-hydrogen) atoms. The van der Waals surface area contributed by atoms with E-state index in [1.807, 2.05) is 24.3 Å². The molecule has 4 aromatic rings. The van der Waals surface area contributed by atoms with E-state index in [9.17, 15) is 9.18 Å². The standard InChI is InChI=1S/C27H22FN3O/c1-16-6-8-17(9-7-16)19-14-22-25(24(32)15-19)26(18-10-12-20(28)13-11-18)31-23-5-3-2-4-21(23)29-27(31)30-22/h2-13,19,26H,14-15H2,1H3,(H,29,30)/t19-,26+/m0/s1. The normalized spacial score (nSPS) is 20.1. The molecule has 0 saturated carbocycles. The Bertz CT molecular complexity index is 1380. The lowest BCUT2D eigenvalue weighted by Gasteiger charge is -2.36. The molecule has 0 bridgehead atoms. The highest BCUT2D eigenvalue weighted by Gasteiger charge is 2.39. The molecule has 1 N–H and O–H groups in total. The molecule has 0 spiro atoms. The van der Waals surface area contributed by atoms with Crippen LogP contribution in [0.25, 0.3) is 11.0 Å². The number of benzene rings is 3. The van der Waals surface area contributed by atoms with Gasteiger partial charge in [0, 0.05) is 17.7 Å². The number of fused-ring (bicyclic) bond motifs is 3. The van der Waals surface area contributed by atoms with E-state index in [0.29, 0.717) is 6.42 Å². The van der Waals surface area contributed by atoms with Gasteiger partial charge in [-0.15, -0.1) is 0 Å². The van der Waals surface area contributed by atoms with Crippen molar-refractivity contribution in [3.63, 3.8) is 0 Å². The summed E-state index contributed by atoms with van der Waals surface area (Å²) in [4.78, 5) is 18.4.